The molecule has 4 heteroatoms. The number of nitrogens with one attached hydrogen (secondary N) is 2. The van der Waals surface area contributed by atoms with E-state index in [0.717, 1.165) is 18.4 Å². The van der Waals surface area contributed by atoms with Gasteiger partial charge in [-0.3, -0.25) is 4.98 Å². The van der Waals surface area contributed by atoms with E-state index in [4.69, 9.17) is 0 Å². The van der Waals surface area contributed by atoms with Crippen LogP contribution in [0.25, 0.3) is 0 Å². The fraction of sp³-hybridized carbons (Fsp3) is 0.368. The van der Waals surface area contributed by atoms with Crippen molar-refractivity contribution in [1.82, 2.24) is 15.6 Å². The van der Waals surface area contributed by atoms with Crippen LogP contribution < -0.4 is 10.6 Å². The molecule has 2 aromatic rings. The first-order chi connectivity index (χ1) is 11.1. The van der Waals surface area contributed by atoms with Gasteiger partial charge in [0.15, 0.2) is 0 Å². The smallest absolute Gasteiger partial charge is 0.315 e. The van der Waals surface area contributed by atoms with Crippen LogP contribution in [0.1, 0.15) is 54.5 Å². The summed E-state index contributed by atoms with van der Waals surface area (Å²) in [5.41, 5.74) is 4.95. The number of carbonyl (C=O) groups is 1. The van der Waals surface area contributed by atoms with Crippen LogP contribution in [0.4, 0.5) is 4.79 Å². The van der Waals surface area contributed by atoms with Gasteiger partial charge in [0, 0.05) is 18.9 Å². The van der Waals surface area contributed by atoms with Crippen molar-refractivity contribution < 1.29 is 4.79 Å². The molecule has 0 fully saturated rings. The van der Waals surface area contributed by atoms with Gasteiger partial charge in [-0.2, -0.15) is 0 Å². The normalized spacial score (nSPS) is 16.2. The molecule has 0 saturated heterocycles. The first-order valence-electron chi connectivity index (χ1n) is 8.19. The maximum atomic E-state index is 12.2. The number of urea groups is 1. The van der Waals surface area contributed by atoms with Gasteiger partial charge in [-0.05, 0) is 47.1 Å². The molecular formula is C19H23N3O. The van der Waals surface area contributed by atoms with Crippen LogP contribution in [0.5, 0.6) is 0 Å². The van der Waals surface area contributed by atoms with Crippen LogP contribution in [0.3, 0.4) is 0 Å². The lowest BCUT2D eigenvalue weighted by atomic mass is 9.97. The highest BCUT2D eigenvalue weighted by molar-refractivity contribution is 5.74. The second-order valence-corrected chi connectivity index (χ2v) is 6.39. The Kier molecular flexibility index (Phi) is 4.60. The summed E-state index contributed by atoms with van der Waals surface area (Å²) in [4.78, 5) is 16.2. The van der Waals surface area contributed by atoms with Crippen molar-refractivity contribution in [3.05, 3.63) is 65.0 Å². The Morgan fingerprint density at radius 1 is 1.35 bits per heavy atom. The zero-order valence-electron chi connectivity index (χ0n) is 13.7. The highest BCUT2D eigenvalue weighted by Gasteiger charge is 2.24. The van der Waals surface area contributed by atoms with Gasteiger partial charge >= 0.3 is 6.03 Å². The summed E-state index contributed by atoms with van der Waals surface area (Å²) in [7, 11) is 0. The highest BCUT2D eigenvalue weighted by atomic mass is 16.2. The molecule has 0 radical (unpaired) electrons. The van der Waals surface area contributed by atoms with E-state index in [1.165, 1.54) is 16.7 Å². The first-order valence-corrected chi connectivity index (χ1v) is 8.19. The third-order valence-electron chi connectivity index (χ3n) is 4.40. The third kappa shape index (κ3) is 3.70. The van der Waals surface area contributed by atoms with Crippen molar-refractivity contribution in [1.29, 1.82) is 0 Å². The zero-order valence-corrected chi connectivity index (χ0v) is 13.7. The summed E-state index contributed by atoms with van der Waals surface area (Å²) in [6.45, 7) is 4.88. The molecule has 3 rings (SSSR count). The number of nitrogens with zero attached hydrogens (tertiary/aromatic N) is 1. The maximum Gasteiger partial charge on any atom is 0.315 e. The molecule has 0 bridgehead atoms. The standard InChI is InChI=1S/C19H23N3O/c1-13(2)16-6-5-15-7-8-18(17(15)10-16)22-19(23)21-12-14-4-3-9-20-11-14/h3-6,9-11,13,18H,7-8,12H2,1-2H3,(H2,21,22,23). The molecule has 4 nitrogen and oxygen atoms in total. The summed E-state index contributed by atoms with van der Waals surface area (Å²) in [6.07, 6.45) is 5.49. The highest BCUT2D eigenvalue weighted by Crippen LogP contribution is 2.33. The molecule has 23 heavy (non-hydrogen) atoms. The molecule has 2 amide bonds. The Labute approximate surface area is 137 Å². The first kappa shape index (κ1) is 15.5. The third-order valence-corrected chi connectivity index (χ3v) is 4.40. The van der Waals surface area contributed by atoms with Crippen molar-refractivity contribution in [2.45, 2.75) is 45.2 Å². The Morgan fingerprint density at radius 3 is 2.96 bits per heavy atom. The lowest BCUT2D eigenvalue weighted by Gasteiger charge is -2.16. The number of rotatable bonds is 4. The van der Waals surface area contributed by atoms with Crippen LogP contribution >= 0.6 is 0 Å². The number of aryl methyl sites for hydroxylation is 1. The van der Waals surface area contributed by atoms with Gasteiger partial charge < -0.3 is 10.6 Å². The van der Waals surface area contributed by atoms with E-state index in [0.29, 0.717) is 12.5 Å². The van der Waals surface area contributed by atoms with Crippen molar-refractivity contribution >= 4 is 6.03 Å². The van der Waals surface area contributed by atoms with E-state index < -0.39 is 0 Å². The monoisotopic (exact) mass is 309 g/mol. The Balaban J connectivity index is 1.61. The van der Waals surface area contributed by atoms with Crippen molar-refractivity contribution in [2.24, 2.45) is 0 Å². The average Bonchev–Trinajstić information content (AvgIpc) is 2.96. The van der Waals surface area contributed by atoms with Gasteiger partial charge in [0.2, 0.25) is 0 Å². The maximum absolute atomic E-state index is 12.2. The topological polar surface area (TPSA) is 54.0 Å². The number of hydrogen-bond acceptors (Lipinski definition) is 2. The number of fused-ring (bicyclic) bond motifs is 1. The lowest BCUT2D eigenvalue weighted by molar-refractivity contribution is 0.236. The molecule has 1 heterocycles. The molecule has 1 aliphatic carbocycles. The van der Waals surface area contributed by atoms with Gasteiger partial charge in [-0.15, -0.1) is 0 Å². The van der Waals surface area contributed by atoms with Crippen LogP contribution in [0.2, 0.25) is 0 Å². The largest absolute Gasteiger partial charge is 0.334 e. The molecule has 1 atom stereocenters. The number of benzene rings is 1. The molecule has 1 aromatic heterocycles. The van der Waals surface area contributed by atoms with Gasteiger partial charge in [0.1, 0.15) is 0 Å². The minimum Gasteiger partial charge on any atom is -0.334 e. The average molecular weight is 309 g/mol. The molecule has 0 aliphatic heterocycles. The molecule has 1 unspecified atom stereocenters. The van der Waals surface area contributed by atoms with Crippen LogP contribution in [-0.4, -0.2) is 11.0 Å². The van der Waals surface area contributed by atoms with Crippen LogP contribution in [-0.2, 0) is 13.0 Å². The summed E-state index contributed by atoms with van der Waals surface area (Å²) in [5, 5.41) is 6.00. The number of aromatic nitrogens is 1. The number of carbonyl (C=O) groups excluding carboxylic acids is 1. The summed E-state index contributed by atoms with van der Waals surface area (Å²) in [6, 6.07) is 10.5. The fourth-order valence-electron chi connectivity index (χ4n) is 3.02. The Hall–Kier alpha value is -2.36. The molecule has 0 spiro atoms. The molecule has 1 aromatic carbocycles. The van der Waals surface area contributed by atoms with Gasteiger partial charge in [-0.1, -0.05) is 38.1 Å². The summed E-state index contributed by atoms with van der Waals surface area (Å²) < 4.78 is 0. The van der Waals surface area contributed by atoms with Crippen molar-refractivity contribution in [3.8, 4) is 0 Å². The number of amides is 2. The Morgan fingerprint density at radius 2 is 2.22 bits per heavy atom. The van der Waals surface area contributed by atoms with Crippen LogP contribution in [0, 0.1) is 0 Å². The number of pyridine rings is 1. The van der Waals surface area contributed by atoms with Gasteiger partial charge in [-0.25, -0.2) is 4.79 Å². The lowest BCUT2D eigenvalue weighted by Crippen LogP contribution is -2.36. The quantitative estimate of drug-likeness (QED) is 0.905. The minimum absolute atomic E-state index is 0.109. The van der Waals surface area contributed by atoms with E-state index in [1.54, 1.807) is 12.4 Å². The van der Waals surface area contributed by atoms with E-state index >= 15 is 0 Å². The van der Waals surface area contributed by atoms with E-state index in [9.17, 15) is 4.79 Å². The predicted octanol–water partition coefficient (Wildman–Crippen LogP) is 3.69. The SMILES string of the molecule is CC(C)c1ccc2c(c1)C(NC(=O)NCc1cccnc1)CC2. The zero-order chi connectivity index (χ0) is 16.2. The minimum atomic E-state index is -0.123. The number of hydrogen-bond donors (Lipinski definition) is 2. The van der Waals surface area contributed by atoms with Gasteiger partial charge in [0.25, 0.3) is 0 Å². The fourth-order valence-corrected chi connectivity index (χ4v) is 3.02. The summed E-state index contributed by atoms with van der Waals surface area (Å²) in [5.74, 6) is 0.501. The van der Waals surface area contributed by atoms with Gasteiger partial charge in [0.05, 0.1) is 6.04 Å². The van der Waals surface area contributed by atoms with E-state index in [1.807, 2.05) is 12.1 Å². The van der Waals surface area contributed by atoms with E-state index in [2.05, 4.69) is 47.7 Å². The molecule has 120 valence electrons. The molecule has 0 saturated carbocycles. The Bertz CT molecular complexity index is 682. The molecule has 2 N–H and O–H groups in total. The second kappa shape index (κ2) is 6.82. The predicted molar refractivity (Wildman–Crippen MR) is 91.2 cm³/mol. The van der Waals surface area contributed by atoms with Crippen molar-refractivity contribution in [3.63, 3.8) is 0 Å². The molecular weight excluding hydrogens is 286 g/mol. The van der Waals surface area contributed by atoms with E-state index in [-0.39, 0.29) is 12.1 Å². The van der Waals surface area contributed by atoms with Crippen LogP contribution in [0.15, 0.2) is 42.7 Å². The summed E-state index contributed by atoms with van der Waals surface area (Å²) >= 11 is 0. The van der Waals surface area contributed by atoms with Crippen molar-refractivity contribution in [2.75, 3.05) is 0 Å². The molecule has 1 aliphatic rings. The second-order valence-electron chi connectivity index (χ2n) is 6.39.